The van der Waals surface area contributed by atoms with Crippen LogP contribution in [0.3, 0.4) is 0 Å². The Bertz CT molecular complexity index is 1670. The Morgan fingerprint density at radius 2 is 1.86 bits per heavy atom. The molecule has 9 heteroatoms. The largest absolute Gasteiger partial charge is 0.496 e. The monoisotopic (exact) mass is 480 g/mol. The van der Waals surface area contributed by atoms with Crippen LogP contribution in [0.2, 0.25) is 0 Å². The van der Waals surface area contributed by atoms with Gasteiger partial charge in [-0.15, -0.1) is 6.42 Å². The van der Waals surface area contributed by atoms with Crippen molar-refractivity contribution in [1.29, 1.82) is 0 Å². The summed E-state index contributed by atoms with van der Waals surface area (Å²) < 4.78 is 28.9. The third-order valence-electron chi connectivity index (χ3n) is 5.84. The molecule has 5 aromatic rings. The average Bonchev–Trinajstić information content (AvgIpc) is 3.16. The van der Waals surface area contributed by atoms with Crippen molar-refractivity contribution in [2.45, 2.75) is 13.8 Å². The van der Waals surface area contributed by atoms with E-state index in [0.717, 1.165) is 5.69 Å². The highest BCUT2D eigenvalue weighted by Crippen LogP contribution is 2.44. The van der Waals surface area contributed by atoms with E-state index >= 15 is 4.39 Å². The average molecular weight is 481 g/mol. The van der Waals surface area contributed by atoms with Crippen molar-refractivity contribution in [2.24, 2.45) is 7.05 Å². The van der Waals surface area contributed by atoms with Crippen LogP contribution in [-0.2, 0) is 7.05 Å². The smallest absolute Gasteiger partial charge is 0.322 e. The number of rotatable bonds is 5. The van der Waals surface area contributed by atoms with Crippen molar-refractivity contribution in [3.8, 4) is 52.2 Å². The van der Waals surface area contributed by atoms with Gasteiger partial charge in [0.15, 0.2) is 0 Å². The van der Waals surface area contributed by atoms with E-state index in [0.29, 0.717) is 50.6 Å². The van der Waals surface area contributed by atoms with Gasteiger partial charge in [0.2, 0.25) is 0 Å². The molecule has 0 saturated heterocycles. The molecule has 0 atom stereocenters. The van der Waals surface area contributed by atoms with Gasteiger partial charge in [-0.05, 0) is 32.0 Å². The first-order valence-electron chi connectivity index (χ1n) is 11.0. The van der Waals surface area contributed by atoms with Crippen LogP contribution in [0.4, 0.5) is 4.39 Å². The number of halogens is 1. The molecule has 178 valence electrons. The summed E-state index contributed by atoms with van der Waals surface area (Å²) in [5.74, 6) is 2.79. The number of aryl methyl sites for hydroxylation is 3. The maximum atomic E-state index is 15.7. The van der Waals surface area contributed by atoms with Crippen molar-refractivity contribution in [1.82, 2.24) is 29.5 Å². The molecule has 36 heavy (non-hydrogen) atoms. The second-order valence-corrected chi connectivity index (χ2v) is 8.08. The lowest BCUT2D eigenvalue weighted by molar-refractivity contribution is 0.415. The predicted octanol–water partition coefficient (Wildman–Crippen LogP) is 5.03. The van der Waals surface area contributed by atoms with E-state index in [9.17, 15) is 0 Å². The number of fused-ring (bicyclic) bond motifs is 1. The minimum absolute atomic E-state index is 0.140. The Morgan fingerprint density at radius 3 is 2.58 bits per heavy atom. The highest BCUT2D eigenvalue weighted by Gasteiger charge is 2.26. The Hall–Kier alpha value is -4.84. The van der Waals surface area contributed by atoms with E-state index in [1.54, 1.807) is 43.8 Å². The highest BCUT2D eigenvalue weighted by molar-refractivity contribution is 6.05. The number of pyridine rings is 1. The molecule has 8 nitrogen and oxygen atoms in total. The van der Waals surface area contributed by atoms with Gasteiger partial charge in [-0.1, -0.05) is 5.92 Å². The SMILES string of the molecule is C#Cc1cc(OC)c(-c2c(-c3ccc(Oc4nccc(C)n4)cc3F)c3c(C)ncnc3n2C)cn1. The van der Waals surface area contributed by atoms with Crippen LogP contribution < -0.4 is 9.47 Å². The lowest BCUT2D eigenvalue weighted by Crippen LogP contribution is -1.99. The Morgan fingerprint density at radius 1 is 1.03 bits per heavy atom. The molecule has 0 radical (unpaired) electrons. The molecule has 0 N–H and O–H groups in total. The third kappa shape index (κ3) is 3.88. The van der Waals surface area contributed by atoms with Crippen LogP contribution in [0.1, 0.15) is 17.1 Å². The van der Waals surface area contributed by atoms with Gasteiger partial charge in [0.1, 0.15) is 35.0 Å². The first-order chi connectivity index (χ1) is 17.4. The fourth-order valence-corrected chi connectivity index (χ4v) is 4.18. The van der Waals surface area contributed by atoms with Crippen molar-refractivity contribution in [3.63, 3.8) is 0 Å². The summed E-state index contributed by atoms with van der Waals surface area (Å²) in [4.78, 5) is 21.5. The van der Waals surface area contributed by atoms with Gasteiger partial charge in [-0.2, -0.15) is 0 Å². The summed E-state index contributed by atoms with van der Waals surface area (Å²) in [6.07, 6.45) is 10.2. The van der Waals surface area contributed by atoms with Gasteiger partial charge in [-0.25, -0.2) is 29.3 Å². The van der Waals surface area contributed by atoms with Crippen LogP contribution in [0, 0.1) is 32.0 Å². The molecule has 0 spiro atoms. The molecule has 4 aromatic heterocycles. The van der Waals surface area contributed by atoms with Crippen molar-refractivity contribution in [3.05, 3.63) is 72.0 Å². The third-order valence-corrected chi connectivity index (χ3v) is 5.84. The van der Waals surface area contributed by atoms with E-state index < -0.39 is 5.82 Å². The van der Waals surface area contributed by atoms with Gasteiger partial charge in [0.05, 0.1) is 24.1 Å². The molecule has 4 heterocycles. The molecule has 0 fully saturated rings. The molecule has 0 amide bonds. The summed E-state index contributed by atoms with van der Waals surface area (Å²) >= 11 is 0. The van der Waals surface area contributed by atoms with Crippen LogP contribution in [0.5, 0.6) is 17.5 Å². The molecule has 0 saturated carbocycles. The van der Waals surface area contributed by atoms with E-state index in [4.69, 9.17) is 15.9 Å². The van der Waals surface area contributed by atoms with Crippen molar-refractivity contribution < 1.29 is 13.9 Å². The Balaban J connectivity index is 1.73. The van der Waals surface area contributed by atoms with E-state index in [1.807, 2.05) is 25.5 Å². The van der Waals surface area contributed by atoms with Gasteiger partial charge < -0.3 is 14.0 Å². The standard InChI is InChI=1S/C27H21FN6O2/c1-6-17-11-22(35-5)20(13-30-17)25-24(23-16(3)31-14-32-26(23)34(25)4)19-8-7-18(12-21(19)28)36-27-29-10-9-15(2)33-27/h1,7-14H,2-5H3. The molecule has 5 rings (SSSR count). The quantitative estimate of drug-likeness (QED) is 0.326. The molecule has 0 aliphatic carbocycles. The first-order valence-corrected chi connectivity index (χ1v) is 11.0. The number of aromatic nitrogens is 6. The molecule has 1 aromatic carbocycles. The molecule has 0 aliphatic heterocycles. The molecule has 0 unspecified atom stereocenters. The summed E-state index contributed by atoms with van der Waals surface area (Å²) in [6, 6.07) is 8.19. The summed E-state index contributed by atoms with van der Waals surface area (Å²) in [7, 11) is 3.40. The summed E-state index contributed by atoms with van der Waals surface area (Å²) in [6.45, 7) is 3.68. The summed E-state index contributed by atoms with van der Waals surface area (Å²) in [5.41, 5.74) is 4.77. The van der Waals surface area contributed by atoms with Gasteiger partial charge in [0.25, 0.3) is 0 Å². The van der Waals surface area contributed by atoms with Crippen LogP contribution in [0.15, 0.2) is 49.1 Å². The number of hydrogen-bond donors (Lipinski definition) is 0. The Kier molecular flexibility index (Phi) is 5.78. The Labute approximate surface area is 206 Å². The number of ether oxygens (including phenoxy) is 2. The van der Waals surface area contributed by atoms with Crippen LogP contribution in [0.25, 0.3) is 33.4 Å². The normalized spacial score (nSPS) is 10.9. The van der Waals surface area contributed by atoms with E-state index in [2.05, 4.69) is 30.8 Å². The number of benzene rings is 1. The zero-order valence-corrected chi connectivity index (χ0v) is 20.1. The molecular weight excluding hydrogens is 459 g/mol. The van der Waals surface area contributed by atoms with Gasteiger partial charge >= 0.3 is 6.01 Å². The van der Waals surface area contributed by atoms with Gasteiger partial charge in [0, 0.05) is 53.8 Å². The predicted molar refractivity (Wildman–Crippen MR) is 133 cm³/mol. The topological polar surface area (TPSA) is 87.8 Å². The number of terminal acetylenes is 1. The fourth-order valence-electron chi connectivity index (χ4n) is 4.18. The minimum atomic E-state index is -0.496. The second kappa shape index (κ2) is 9.07. The number of nitrogens with zero attached hydrogens (tertiary/aromatic N) is 6. The van der Waals surface area contributed by atoms with E-state index in [-0.39, 0.29) is 11.8 Å². The maximum absolute atomic E-state index is 15.7. The van der Waals surface area contributed by atoms with Crippen LogP contribution in [-0.4, -0.2) is 36.6 Å². The minimum Gasteiger partial charge on any atom is -0.496 e. The molecular formula is C27H21FN6O2. The van der Waals surface area contributed by atoms with Crippen molar-refractivity contribution >= 4 is 11.0 Å². The highest BCUT2D eigenvalue weighted by atomic mass is 19.1. The first kappa shape index (κ1) is 22.9. The second-order valence-electron chi connectivity index (χ2n) is 8.08. The maximum Gasteiger partial charge on any atom is 0.322 e. The van der Waals surface area contributed by atoms with E-state index in [1.165, 1.54) is 12.4 Å². The lowest BCUT2D eigenvalue weighted by Gasteiger charge is -2.14. The zero-order valence-electron chi connectivity index (χ0n) is 20.1. The van der Waals surface area contributed by atoms with Crippen LogP contribution >= 0.6 is 0 Å². The fraction of sp³-hybridized carbons (Fsp3) is 0.148. The molecule has 0 aliphatic rings. The molecule has 0 bridgehead atoms. The lowest BCUT2D eigenvalue weighted by atomic mass is 9.97. The zero-order chi connectivity index (χ0) is 25.4. The number of hydrogen-bond acceptors (Lipinski definition) is 7. The number of methoxy groups -OCH3 is 1. The van der Waals surface area contributed by atoms with Gasteiger partial charge in [-0.3, -0.25) is 0 Å². The summed E-state index contributed by atoms with van der Waals surface area (Å²) in [5, 5.41) is 0.715. The van der Waals surface area contributed by atoms with Crippen molar-refractivity contribution in [2.75, 3.05) is 7.11 Å².